The number of rotatable bonds is 6. The quantitative estimate of drug-likeness (QED) is 0.508. The molecule has 8 heteroatoms. The second kappa shape index (κ2) is 6.04. The number of ether oxygens (including phenoxy) is 1. The summed E-state index contributed by atoms with van der Waals surface area (Å²) in [5, 5.41) is 2.45. The van der Waals surface area contributed by atoms with Gasteiger partial charge in [0.15, 0.2) is 0 Å². The third kappa shape index (κ3) is 3.59. The number of hydrogen-bond donors (Lipinski definition) is 2. The summed E-state index contributed by atoms with van der Waals surface area (Å²) in [5.74, 6) is -0.673. The number of nitrogens with zero attached hydrogens (tertiary/aromatic N) is 1. The van der Waals surface area contributed by atoms with E-state index in [1.54, 1.807) is 0 Å². The van der Waals surface area contributed by atoms with Crippen molar-refractivity contribution in [1.82, 2.24) is 10.4 Å². The Morgan fingerprint density at radius 1 is 1.47 bits per heavy atom. The second-order valence-electron chi connectivity index (χ2n) is 3.46. The second-order valence-corrected chi connectivity index (χ2v) is 3.46. The number of carbonyl (C=O) groups excluding carboxylic acids is 3. The summed E-state index contributed by atoms with van der Waals surface area (Å²) < 4.78 is 5.16. The fraction of sp³-hybridized carbons (Fsp3) is 0.667. The maximum Gasteiger partial charge on any atom is 0.429 e. The first-order valence-electron chi connectivity index (χ1n) is 5.29. The lowest BCUT2D eigenvalue weighted by Crippen LogP contribution is -2.40. The summed E-state index contributed by atoms with van der Waals surface area (Å²) in [6, 6.07) is -0.866. The van der Waals surface area contributed by atoms with Crippen molar-refractivity contribution in [2.45, 2.75) is 32.4 Å². The number of carbonyl (C=O) groups is 3. The van der Waals surface area contributed by atoms with Crippen molar-refractivity contribution in [3.8, 4) is 0 Å². The van der Waals surface area contributed by atoms with Gasteiger partial charge in [-0.05, 0) is 6.42 Å². The Morgan fingerprint density at radius 3 is 2.76 bits per heavy atom. The van der Waals surface area contributed by atoms with Crippen molar-refractivity contribution in [2.75, 3.05) is 6.61 Å². The molecule has 0 aromatic rings. The highest BCUT2D eigenvalue weighted by atomic mass is 16.8. The zero-order chi connectivity index (χ0) is 12.8. The van der Waals surface area contributed by atoms with Crippen molar-refractivity contribution in [3.05, 3.63) is 0 Å². The summed E-state index contributed by atoms with van der Waals surface area (Å²) in [6.07, 6.45) is 0.252. The van der Waals surface area contributed by atoms with Gasteiger partial charge in [-0.25, -0.2) is 9.59 Å². The first-order chi connectivity index (χ1) is 8.06. The monoisotopic (exact) mass is 245 g/mol. The standard InChI is InChI=1S/C9H15N3O5/c1-2-3-4-5-16-7-6(13)11-9(15)12(7)17-8(10)14/h7H,2-5H2,1H3,(H2,10,14)(H,11,13,15). The Kier molecular flexibility index (Phi) is 4.70. The van der Waals surface area contributed by atoms with Gasteiger partial charge >= 0.3 is 12.1 Å². The molecule has 0 radical (unpaired) electrons. The Bertz CT molecular complexity index is 320. The summed E-state index contributed by atoms with van der Waals surface area (Å²) >= 11 is 0. The van der Waals surface area contributed by atoms with E-state index < -0.39 is 24.3 Å². The lowest BCUT2D eigenvalue weighted by molar-refractivity contribution is -0.172. The van der Waals surface area contributed by atoms with Gasteiger partial charge in [0, 0.05) is 6.61 Å². The Hall–Kier alpha value is -1.83. The highest BCUT2D eigenvalue weighted by molar-refractivity contribution is 6.03. The molecule has 1 fully saturated rings. The van der Waals surface area contributed by atoms with Gasteiger partial charge in [-0.1, -0.05) is 19.8 Å². The van der Waals surface area contributed by atoms with E-state index in [1.807, 2.05) is 12.2 Å². The summed E-state index contributed by atoms with van der Waals surface area (Å²) in [7, 11) is 0. The van der Waals surface area contributed by atoms with Crippen LogP contribution in [-0.2, 0) is 14.4 Å². The first kappa shape index (κ1) is 13.2. The average molecular weight is 245 g/mol. The molecule has 0 aromatic heterocycles. The van der Waals surface area contributed by atoms with Crippen molar-refractivity contribution in [2.24, 2.45) is 5.73 Å². The van der Waals surface area contributed by atoms with Gasteiger partial charge in [0.2, 0.25) is 6.23 Å². The van der Waals surface area contributed by atoms with Crippen molar-refractivity contribution in [3.63, 3.8) is 0 Å². The number of unbranched alkanes of at least 4 members (excludes halogenated alkanes) is 2. The number of imide groups is 1. The number of urea groups is 1. The molecule has 1 atom stereocenters. The molecule has 1 aliphatic heterocycles. The predicted molar refractivity (Wildman–Crippen MR) is 55.3 cm³/mol. The van der Waals surface area contributed by atoms with E-state index in [9.17, 15) is 14.4 Å². The minimum Gasteiger partial charge on any atom is -0.347 e. The molecule has 0 bridgehead atoms. The number of hydroxylamine groups is 2. The minimum atomic E-state index is -1.26. The SMILES string of the molecule is CCCCCOC1C(=O)NC(=O)N1OC(N)=O. The van der Waals surface area contributed by atoms with E-state index in [2.05, 4.69) is 4.84 Å². The average Bonchev–Trinajstić information content (AvgIpc) is 2.50. The Labute approximate surface area is 98.0 Å². The molecule has 96 valence electrons. The zero-order valence-corrected chi connectivity index (χ0v) is 9.47. The largest absolute Gasteiger partial charge is 0.429 e. The molecule has 3 N–H and O–H groups in total. The van der Waals surface area contributed by atoms with Crippen molar-refractivity contribution in [1.29, 1.82) is 0 Å². The predicted octanol–water partition coefficient (Wildman–Crippen LogP) is 0.0814. The van der Waals surface area contributed by atoms with E-state index >= 15 is 0 Å². The van der Waals surface area contributed by atoms with Crippen LogP contribution in [0.3, 0.4) is 0 Å². The highest BCUT2D eigenvalue weighted by Gasteiger charge is 2.42. The lowest BCUT2D eigenvalue weighted by Gasteiger charge is -2.18. The smallest absolute Gasteiger partial charge is 0.347 e. The molecular formula is C9H15N3O5. The number of nitrogens with one attached hydrogen (secondary N) is 1. The van der Waals surface area contributed by atoms with Crippen LogP contribution in [0.15, 0.2) is 0 Å². The molecule has 1 unspecified atom stereocenters. The fourth-order valence-electron chi connectivity index (χ4n) is 1.31. The molecule has 1 saturated heterocycles. The van der Waals surface area contributed by atoms with Crippen LogP contribution in [0, 0.1) is 0 Å². The van der Waals surface area contributed by atoms with Crippen molar-refractivity contribution >= 4 is 18.0 Å². The summed E-state index contributed by atoms with van der Waals surface area (Å²) in [4.78, 5) is 37.4. The summed E-state index contributed by atoms with van der Waals surface area (Å²) in [6.45, 7) is 2.31. The van der Waals surface area contributed by atoms with Gasteiger partial charge in [-0.2, -0.15) is 0 Å². The molecule has 0 spiro atoms. The van der Waals surface area contributed by atoms with Gasteiger partial charge in [0.05, 0.1) is 0 Å². The summed E-state index contributed by atoms with van der Waals surface area (Å²) in [5.41, 5.74) is 4.77. The molecule has 1 heterocycles. The van der Waals surface area contributed by atoms with Gasteiger partial charge in [0.1, 0.15) is 0 Å². The van der Waals surface area contributed by atoms with Crippen LogP contribution in [0.25, 0.3) is 0 Å². The number of hydrogen-bond acceptors (Lipinski definition) is 5. The van der Waals surface area contributed by atoms with E-state index in [-0.39, 0.29) is 6.61 Å². The first-order valence-corrected chi connectivity index (χ1v) is 5.29. The number of primary amides is 1. The van der Waals surface area contributed by atoms with Crippen LogP contribution in [0.5, 0.6) is 0 Å². The third-order valence-corrected chi connectivity index (χ3v) is 2.08. The van der Waals surface area contributed by atoms with E-state index in [4.69, 9.17) is 10.5 Å². The van der Waals surface area contributed by atoms with Gasteiger partial charge in [-0.15, -0.1) is 5.06 Å². The minimum absolute atomic E-state index is 0.290. The van der Waals surface area contributed by atoms with Crippen LogP contribution >= 0.6 is 0 Å². The molecule has 0 aromatic carbocycles. The van der Waals surface area contributed by atoms with Crippen molar-refractivity contribution < 1.29 is 24.0 Å². The molecule has 1 aliphatic rings. The molecular weight excluding hydrogens is 230 g/mol. The van der Waals surface area contributed by atoms with E-state index in [0.717, 1.165) is 19.3 Å². The van der Waals surface area contributed by atoms with Gasteiger partial charge in [0.25, 0.3) is 5.91 Å². The maximum absolute atomic E-state index is 11.3. The van der Waals surface area contributed by atoms with E-state index in [1.165, 1.54) is 0 Å². The zero-order valence-electron chi connectivity index (χ0n) is 9.47. The van der Waals surface area contributed by atoms with Crippen LogP contribution in [0.2, 0.25) is 0 Å². The van der Waals surface area contributed by atoms with Gasteiger partial charge in [-0.3, -0.25) is 10.1 Å². The lowest BCUT2D eigenvalue weighted by atomic mass is 10.3. The van der Waals surface area contributed by atoms with Crippen LogP contribution < -0.4 is 11.1 Å². The molecule has 8 nitrogen and oxygen atoms in total. The number of amides is 4. The van der Waals surface area contributed by atoms with Crippen LogP contribution in [0.4, 0.5) is 9.59 Å². The third-order valence-electron chi connectivity index (χ3n) is 2.08. The van der Waals surface area contributed by atoms with Crippen LogP contribution in [-0.4, -0.2) is 35.9 Å². The molecule has 0 saturated carbocycles. The topological polar surface area (TPSA) is 111 Å². The molecule has 1 rings (SSSR count). The Balaban J connectivity index is 2.50. The normalized spacial score (nSPS) is 19.4. The molecule has 0 aliphatic carbocycles. The molecule has 4 amide bonds. The number of nitrogens with two attached hydrogens (primary N) is 1. The van der Waals surface area contributed by atoms with E-state index in [0.29, 0.717) is 5.06 Å². The highest BCUT2D eigenvalue weighted by Crippen LogP contribution is 2.11. The van der Waals surface area contributed by atoms with Gasteiger partial charge < -0.3 is 15.3 Å². The molecule has 17 heavy (non-hydrogen) atoms. The fourth-order valence-corrected chi connectivity index (χ4v) is 1.31. The maximum atomic E-state index is 11.3. The van der Waals surface area contributed by atoms with Crippen LogP contribution in [0.1, 0.15) is 26.2 Å². The Morgan fingerprint density at radius 2 is 2.18 bits per heavy atom.